The molecule has 0 atom stereocenters. The lowest BCUT2D eigenvalue weighted by Crippen LogP contribution is -1.95. The number of halogens is 1. The summed E-state index contributed by atoms with van der Waals surface area (Å²) in [5.74, 6) is -0.406. The van der Waals surface area contributed by atoms with E-state index in [1.54, 1.807) is 6.07 Å². The topological polar surface area (TPSA) is 26.3 Å². The molecule has 0 unspecified atom stereocenters. The molecule has 0 aliphatic carbocycles. The molecule has 1 rings (SSSR count). The Hall–Kier alpha value is -1.22. The van der Waals surface area contributed by atoms with Crippen molar-refractivity contribution in [2.75, 3.05) is 7.11 Å². The number of aldehydes is 1. The van der Waals surface area contributed by atoms with E-state index in [1.807, 2.05) is 0 Å². The Kier molecular flexibility index (Phi) is 2.94. The van der Waals surface area contributed by atoms with Gasteiger partial charge in [-0.25, -0.2) is 4.39 Å². The smallest absolute Gasteiger partial charge is 0.150 e. The summed E-state index contributed by atoms with van der Waals surface area (Å²) in [5, 5.41) is 0. The SMILES string of the molecule is COCc1ccc(F)cc1C=O. The molecule has 0 aliphatic heterocycles. The van der Waals surface area contributed by atoms with E-state index in [9.17, 15) is 9.18 Å². The maximum Gasteiger partial charge on any atom is 0.150 e. The molecule has 2 nitrogen and oxygen atoms in total. The van der Waals surface area contributed by atoms with Gasteiger partial charge in [-0.05, 0) is 17.7 Å². The van der Waals surface area contributed by atoms with E-state index in [2.05, 4.69) is 0 Å². The maximum absolute atomic E-state index is 12.6. The van der Waals surface area contributed by atoms with Gasteiger partial charge in [-0.15, -0.1) is 0 Å². The van der Waals surface area contributed by atoms with Crippen LogP contribution in [0.15, 0.2) is 18.2 Å². The van der Waals surface area contributed by atoms with Crippen molar-refractivity contribution in [2.45, 2.75) is 6.61 Å². The monoisotopic (exact) mass is 168 g/mol. The molecule has 0 aliphatic rings. The molecule has 0 N–H and O–H groups in total. The summed E-state index contributed by atoms with van der Waals surface area (Å²) >= 11 is 0. The largest absolute Gasteiger partial charge is 0.380 e. The van der Waals surface area contributed by atoms with Crippen molar-refractivity contribution in [1.29, 1.82) is 0 Å². The fraction of sp³-hybridized carbons (Fsp3) is 0.222. The zero-order valence-corrected chi connectivity index (χ0v) is 6.71. The average Bonchev–Trinajstić information content (AvgIpc) is 2.08. The second kappa shape index (κ2) is 3.97. The van der Waals surface area contributed by atoms with Crippen LogP contribution in [0.3, 0.4) is 0 Å². The molecule has 0 fully saturated rings. The predicted molar refractivity (Wildman–Crippen MR) is 42.5 cm³/mol. The Labute approximate surface area is 70.0 Å². The molecule has 0 bridgehead atoms. The lowest BCUT2D eigenvalue weighted by molar-refractivity contribution is 0.111. The normalized spacial score (nSPS) is 9.83. The minimum Gasteiger partial charge on any atom is -0.380 e. The van der Waals surface area contributed by atoms with Crippen LogP contribution in [0, 0.1) is 5.82 Å². The second-order valence-electron chi connectivity index (χ2n) is 2.39. The summed E-state index contributed by atoms with van der Waals surface area (Å²) in [6.45, 7) is 0.328. The Morgan fingerprint density at radius 2 is 2.33 bits per heavy atom. The zero-order valence-electron chi connectivity index (χ0n) is 6.71. The summed E-state index contributed by atoms with van der Waals surface area (Å²) in [5.41, 5.74) is 1.05. The number of rotatable bonds is 3. The number of carbonyl (C=O) groups excluding carboxylic acids is 1. The summed E-state index contributed by atoms with van der Waals surface area (Å²) in [4.78, 5) is 10.4. The van der Waals surface area contributed by atoms with Gasteiger partial charge in [0.05, 0.1) is 6.61 Å². The number of hydrogen-bond donors (Lipinski definition) is 0. The minimum absolute atomic E-state index is 0.328. The Morgan fingerprint density at radius 1 is 1.58 bits per heavy atom. The van der Waals surface area contributed by atoms with Crippen LogP contribution in [0.4, 0.5) is 4.39 Å². The predicted octanol–water partition coefficient (Wildman–Crippen LogP) is 1.78. The Balaban J connectivity index is 3.02. The van der Waals surface area contributed by atoms with Gasteiger partial charge >= 0.3 is 0 Å². The molecule has 0 amide bonds. The van der Waals surface area contributed by atoms with Gasteiger partial charge in [-0.1, -0.05) is 6.07 Å². The van der Waals surface area contributed by atoms with Gasteiger partial charge in [-0.3, -0.25) is 4.79 Å². The Bertz CT molecular complexity index is 284. The third-order valence-electron chi connectivity index (χ3n) is 1.53. The first-order valence-corrected chi connectivity index (χ1v) is 3.50. The van der Waals surface area contributed by atoms with E-state index in [4.69, 9.17) is 4.74 Å². The lowest BCUT2D eigenvalue weighted by atomic mass is 10.1. The molecular formula is C9H9FO2. The number of hydrogen-bond acceptors (Lipinski definition) is 2. The highest BCUT2D eigenvalue weighted by Gasteiger charge is 2.01. The second-order valence-corrected chi connectivity index (χ2v) is 2.39. The van der Waals surface area contributed by atoms with Crippen molar-refractivity contribution in [3.05, 3.63) is 35.1 Å². The van der Waals surface area contributed by atoms with Crippen LogP contribution in [-0.2, 0) is 11.3 Å². The van der Waals surface area contributed by atoms with Crippen molar-refractivity contribution in [3.63, 3.8) is 0 Å². The molecule has 0 radical (unpaired) electrons. The molecule has 0 saturated heterocycles. The first-order chi connectivity index (χ1) is 5.77. The van der Waals surface area contributed by atoms with Crippen LogP contribution in [0.25, 0.3) is 0 Å². The number of ether oxygens (including phenoxy) is 1. The van der Waals surface area contributed by atoms with Gasteiger partial charge in [0.25, 0.3) is 0 Å². The van der Waals surface area contributed by atoms with Gasteiger partial charge in [0.15, 0.2) is 6.29 Å². The molecule has 1 aromatic rings. The standard InChI is InChI=1S/C9H9FO2/c1-12-6-7-2-3-9(10)4-8(7)5-11/h2-5H,6H2,1H3. The van der Waals surface area contributed by atoms with E-state index in [-0.39, 0.29) is 0 Å². The molecule has 64 valence electrons. The Morgan fingerprint density at radius 3 is 2.92 bits per heavy atom. The fourth-order valence-corrected chi connectivity index (χ4v) is 0.962. The molecule has 3 heteroatoms. The van der Waals surface area contributed by atoms with E-state index in [0.717, 1.165) is 0 Å². The molecular weight excluding hydrogens is 159 g/mol. The molecule has 0 heterocycles. The number of benzene rings is 1. The van der Waals surface area contributed by atoms with E-state index >= 15 is 0 Å². The van der Waals surface area contributed by atoms with E-state index < -0.39 is 5.82 Å². The van der Waals surface area contributed by atoms with Gasteiger partial charge in [-0.2, -0.15) is 0 Å². The van der Waals surface area contributed by atoms with Crippen LogP contribution >= 0.6 is 0 Å². The van der Waals surface area contributed by atoms with Crippen LogP contribution in [0.1, 0.15) is 15.9 Å². The highest BCUT2D eigenvalue weighted by atomic mass is 19.1. The van der Waals surface area contributed by atoms with Crippen molar-refractivity contribution in [3.8, 4) is 0 Å². The maximum atomic E-state index is 12.6. The highest BCUT2D eigenvalue weighted by molar-refractivity contribution is 5.77. The van der Waals surface area contributed by atoms with Crippen molar-refractivity contribution in [1.82, 2.24) is 0 Å². The van der Waals surface area contributed by atoms with Crippen molar-refractivity contribution >= 4 is 6.29 Å². The number of methoxy groups -OCH3 is 1. The van der Waals surface area contributed by atoms with Crippen molar-refractivity contribution in [2.24, 2.45) is 0 Å². The van der Waals surface area contributed by atoms with Crippen molar-refractivity contribution < 1.29 is 13.9 Å². The first-order valence-electron chi connectivity index (χ1n) is 3.50. The molecule has 0 aromatic heterocycles. The van der Waals surface area contributed by atoms with Crippen LogP contribution in [0.5, 0.6) is 0 Å². The zero-order chi connectivity index (χ0) is 8.97. The van der Waals surface area contributed by atoms with Crippen LogP contribution in [-0.4, -0.2) is 13.4 Å². The molecule has 0 spiro atoms. The quantitative estimate of drug-likeness (QED) is 0.643. The first kappa shape index (κ1) is 8.87. The molecule has 12 heavy (non-hydrogen) atoms. The third-order valence-corrected chi connectivity index (χ3v) is 1.53. The lowest BCUT2D eigenvalue weighted by Gasteiger charge is -2.02. The summed E-state index contributed by atoms with van der Waals surface area (Å²) in [7, 11) is 1.53. The van der Waals surface area contributed by atoms with E-state index in [0.29, 0.717) is 24.0 Å². The molecule has 1 aromatic carbocycles. The van der Waals surface area contributed by atoms with Gasteiger partial charge in [0, 0.05) is 12.7 Å². The summed E-state index contributed by atoms with van der Waals surface area (Å²) in [6.07, 6.45) is 0.622. The van der Waals surface area contributed by atoms with Gasteiger partial charge in [0.1, 0.15) is 5.82 Å². The van der Waals surface area contributed by atoms with E-state index in [1.165, 1.54) is 19.2 Å². The summed E-state index contributed by atoms with van der Waals surface area (Å²) in [6, 6.07) is 4.05. The average molecular weight is 168 g/mol. The highest BCUT2D eigenvalue weighted by Crippen LogP contribution is 2.09. The molecule has 0 saturated carbocycles. The third kappa shape index (κ3) is 1.89. The van der Waals surface area contributed by atoms with Crippen LogP contribution in [0.2, 0.25) is 0 Å². The van der Waals surface area contributed by atoms with Crippen LogP contribution < -0.4 is 0 Å². The number of carbonyl (C=O) groups is 1. The van der Waals surface area contributed by atoms with Gasteiger partial charge < -0.3 is 4.74 Å². The minimum atomic E-state index is -0.406. The summed E-state index contributed by atoms with van der Waals surface area (Å²) < 4.78 is 17.4. The van der Waals surface area contributed by atoms with Gasteiger partial charge in [0.2, 0.25) is 0 Å². The fourth-order valence-electron chi connectivity index (χ4n) is 0.962.